The van der Waals surface area contributed by atoms with Crippen molar-refractivity contribution < 1.29 is 26.8 Å². The predicted molar refractivity (Wildman–Crippen MR) is 123 cm³/mol. The third kappa shape index (κ3) is 7.40. The van der Waals surface area contributed by atoms with Crippen LogP contribution in [0, 0.1) is 11.6 Å². The maximum atomic E-state index is 13.6. The van der Waals surface area contributed by atoms with Gasteiger partial charge in [0.05, 0.1) is 17.0 Å². The highest BCUT2D eigenvalue weighted by molar-refractivity contribution is 7.92. The number of hydrogen-bond acceptors (Lipinski definition) is 4. The Morgan fingerprint density at radius 1 is 1.12 bits per heavy atom. The lowest BCUT2D eigenvalue weighted by atomic mass is 10.1. The monoisotopic (exact) mass is 501 g/mol. The quantitative estimate of drug-likeness (QED) is 0.541. The van der Waals surface area contributed by atoms with Crippen molar-refractivity contribution >= 4 is 39.1 Å². The van der Waals surface area contributed by atoms with Crippen LogP contribution in [0.25, 0.3) is 0 Å². The molecule has 2 aromatic rings. The minimum Gasteiger partial charge on any atom is -0.354 e. The molecule has 0 radical (unpaired) electrons. The van der Waals surface area contributed by atoms with Gasteiger partial charge < -0.3 is 10.2 Å². The van der Waals surface area contributed by atoms with E-state index >= 15 is 0 Å². The molecule has 0 aliphatic heterocycles. The fourth-order valence-electron chi connectivity index (χ4n) is 3.02. The zero-order chi connectivity index (χ0) is 24.8. The summed E-state index contributed by atoms with van der Waals surface area (Å²) in [4.78, 5) is 27.1. The number of nitrogens with zero attached hydrogens (tertiary/aromatic N) is 2. The van der Waals surface area contributed by atoms with Crippen molar-refractivity contribution in [2.24, 2.45) is 0 Å². The number of rotatable bonds is 10. The van der Waals surface area contributed by atoms with Gasteiger partial charge in [0.25, 0.3) is 0 Å². The Kier molecular flexibility index (Phi) is 9.18. The third-order valence-corrected chi connectivity index (χ3v) is 6.28. The van der Waals surface area contributed by atoms with Crippen LogP contribution < -0.4 is 9.62 Å². The number of anilines is 1. The molecule has 7 nitrogen and oxygen atoms in total. The first-order chi connectivity index (χ1) is 15.4. The van der Waals surface area contributed by atoms with Crippen molar-refractivity contribution in [3.05, 3.63) is 64.7 Å². The Labute approximate surface area is 197 Å². The minimum absolute atomic E-state index is 0.00192. The van der Waals surface area contributed by atoms with E-state index in [-0.39, 0.29) is 17.3 Å². The zero-order valence-corrected chi connectivity index (χ0v) is 20.1. The Morgan fingerprint density at radius 3 is 2.30 bits per heavy atom. The van der Waals surface area contributed by atoms with Gasteiger partial charge in [-0.2, -0.15) is 0 Å². The molecule has 0 spiro atoms. The number of amides is 2. The number of carbonyl (C=O) groups excluding carboxylic acids is 2. The number of sulfonamides is 1. The molecule has 0 aromatic heterocycles. The first-order valence-corrected chi connectivity index (χ1v) is 12.4. The van der Waals surface area contributed by atoms with Crippen LogP contribution in [-0.4, -0.2) is 50.5 Å². The van der Waals surface area contributed by atoms with Gasteiger partial charge in [0.15, 0.2) is 0 Å². The van der Waals surface area contributed by atoms with Crippen LogP contribution in [0.3, 0.4) is 0 Å². The highest BCUT2D eigenvalue weighted by Gasteiger charge is 2.30. The Hall–Kier alpha value is -2.72. The SMILES string of the molecule is CCCNC(=O)[C@@H](C)N(Cc1ccc(F)cc1)C(=O)CN(c1ccc(F)c(Cl)c1)S(C)(=O)=O. The summed E-state index contributed by atoms with van der Waals surface area (Å²) in [5.41, 5.74) is 0.553. The molecule has 0 heterocycles. The van der Waals surface area contributed by atoms with E-state index in [1.807, 2.05) is 6.92 Å². The average Bonchev–Trinajstić information content (AvgIpc) is 2.76. The van der Waals surface area contributed by atoms with Crippen LogP contribution in [0.5, 0.6) is 0 Å². The maximum absolute atomic E-state index is 13.6. The smallest absolute Gasteiger partial charge is 0.244 e. The summed E-state index contributed by atoms with van der Waals surface area (Å²) >= 11 is 5.79. The first kappa shape index (κ1) is 26.5. The van der Waals surface area contributed by atoms with E-state index in [0.29, 0.717) is 18.5 Å². The molecule has 0 aliphatic carbocycles. The second-order valence-corrected chi connectivity index (χ2v) is 9.80. The lowest BCUT2D eigenvalue weighted by Crippen LogP contribution is -2.51. The molecule has 33 heavy (non-hydrogen) atoms. The van der Waals surface area contributed by atoms with E-state index in [0.717, 1.165) is 22.7 Å². The second kappa shape index (κ2) is 11.4. The van der Waals surface area contributed by atoms with Crippen LogP contribution in [0.4, 0.5) is 14.5 Å². The maximum Gasteiger partial charge on any atom is 0.244 e. The van der Waals surface area contributed by atoms with Crippen molar-refractivity contribution in [2.75, 3.05) is 23.7 Å². The van der Waals surface area contributed by atoms with Crippen molar-refractivity contribution in [3.8, 4) is 0 Å². The van der Waals surface area contributed by atoms with Gasteiger partial charge in [0, 0.05) is 13.1 Å². The molecule has 2 amide bonds. The van der Waals surface area contributed by atoms with Gasteiger partial charge in [-0.15, -0.1) is 0 Å². The molecular formula is C22H26ClF2N3O4S. The van der Waals surface area contributed by atoms with Gasteiger partial charge in [-0.05, 0) is 49.2 Å². The van der Waals surface area contributed by atoms with E-state index in [9.17, 15) is 26.8 Å². The molecule has 0 fully saturated rings. The number of halogens is 3. The molecule has 11 heteroatoms. The van der Waals surface area contributed by atoms with Crippen LogP contribution in [0.15, 0.2) is 42.5 Å². The molecule has 2 aromatic carbocycles. The highest BCUT2D eigenvalue weighted by Crippen LogP contribution is 2.25. The molecule has 0 saturated carbocycles. The van der Waals surface area contributed by atoms with Gasteiger partial charge in [0.1, 0.15) is 24.2 Å². The third-order valence-electron chi connectivity index (χ3n) is 4.85. The Morgan fingerprint density at radius 2 is 1.76 bits per heavy atom. The molecule has 0 saturated heterocycles. The van der Waals surface area contributed by atoms with Gasteiger partial charge in [0.2, 0.25) is 21.8 Å². The van der Waals surface area contributed by atoms with Crippen LogP contribution in [-0.2, 0) is 26.2 Å². The molecule has 1 N–H and O–H groups in total. The lowest BCUT2D eigenvalue weighted by Gasteiger charge is -2.31. The molecule has 180 valence electrons. The summed E-state index contributed by atoms with van der Waals surface area (Å²) in [6, 6.07) is 7.75. The summed E-state index contributed by atoms with van der Waals surface area (Å²) in [5.74, 6) is -2.28. The van der Waals surface area contributed by atoms with Crippen molar-refractivity contribution in [3.63, 3.8) is 0 Å². The lowest BCUT2D eigenvalue weighted by molar-refractivity contribution is -0.139. The van der Waals surface area contributed by atoms with Gasteiger partial charge >= 0.3 is 0 Å². The van der Waals surface area contributed by atoms with E-state index in [1.54, 1.807) is 0 Å². The van der Waals surface area contributed by atoms with Crippen LogP contribution in [0.1, 0.15) is 25.8 Å². The fraction of sp³-hybridized carbons (Fsp3) is 0.364. The first-order valence-electron chi connectivity index (χ1n) is 10.2. The highest BCUT2D eigenvalue weighted by atomic mass is 35.5. The zero-order valence-electron chi connectivity index (χ0n) is 18.5. The second-order valence-electron chi connectivity index (χ2n) is 7.48. The summed E-state index contributed by atoms with van der Waals surface area (Å²) in [6.07, 6.45) is 1.59. The largest absolute Gasteiger partial charge is 0.354 e. The van der Waals surface area contributed by atoms with Crippen LogP contribution in [0.2, 0.25) is 5.02 Å². The topological polar surface area (TPSA) is 86.8 Å². The van der Waals surface area contributed by atoms with Gasteiger partial charge in [-0.1, -0.05) is 30.7 Å². The molecular weight excluding hydrogens is 476 g/mol. The summed E-state index contributed by atoms with van der Waals surface area (Å²) < 4.78 is 52.5. The van der Waals surface area contributed by atoms with E-state index < -0.39 is 46.1 Å². The number of nitrogens with one attached hydrogen (secondary N) is 1. The predicted octanol–water partition coefficient (Wildman–Crippen LogP) is 3.33. The van der Waals surface area contributed by atoms with Crippen molar-refractivity contribution in [1.29, 1.82) is 0 Å². The standard InChI is InChI=1S/C22H26ClF2N3O4S/c1-4-11-26-22(30)15(2)27(13-16-5-7-17(24)8-6-16)21(29)14-28(33(3,31)32)18-9-10-20(25)19(23)12-18/h5-10,12,15H,4,11,13-14H2,1-3H3,(H,26,30)/t15-/m1/s1. The molecule has 0 unspecified atom stereocenters. The van der Waals surface area contributed by atoms with Crippen molar-refractivity contribution in [2.45, 2.75) is 32.9 Å². The Balaban J connectivity index is 2.38. The van der Waals surface area contributed by atoms with Crippen molar-refractivity contribution in [1.82, 2.24) is 10.2 Å². The van der Waals surface area contributed by atoms with E-state index in [2.05, 4.69) is 5.32 Å². The number of benzene rings is 2. The van der Waals surface area contributed by atoms with E-state index in [1.165, 1.54) is 42.2 Å². The summed E-state index contributed by atoms with van der Waals surface area (Å²) in [7, 11) is -3.96. The Bertz CT molecular complexity index is 1100. The van der Waals surface area contributed by atoms with Gasteiger partial charge in [-0.25, -0.2) is 17.2 Å². The normalized spacial score (nSPS) is 12.2. The molecule has 1 atom stereocenters. The molecule has 0 aliphatic rings. The van der Waals surface area contributed by atoms with Gasteiger partial charge in [-0.3, -0.25) is 13.9 Å². The molecule has 0 bridgehead atoms. The van der Waals surface area contributed by atoms with E-state index in [4.69, 9.17) is 11.6 Å². The number of carbonyl (C=O) groups is 2. The summed E-state index contributed by atoms with van der Waals surface area (Å²) in [6.45, 7) is 3.11. The summed E-state index contributed by atoms with van der Waals surface area (Å²) in [5, 5.41) is 2.41. The molecule has 2 rings (SSSR count). The average molecular weight is 502 g/mol. The number of hydrogen-bond donors (Lipinski definition) is 1. The minimum atomic E-state index is -3.96. The van der Waals surface area contributed by atoms with Crippen LogP contribution >= 0.6 is 11.6 Å². The fourth-order valence-corrected chi connectivity index (χ4v) is 4.04.